The van der Waals surface area contributed by atoms with Gasteiger partial charge in [-0.1, -0.05) is 12.5 Å². The number of aromatic nitrogens is 1. The summed E-state index contributed by atoms with van der Waals surface area (Å²) in [6, 6.07) is 13.8. The maximum Gasteiger partial charge on any atom is 0.264 e. The zero-order valence-corrected chi connectivity index (χ0v) is 23.8. The minimum Gasteiger partial charge on any atom is -0.333 e. The van der Waals surface area contributed by atoms with Crippen molar-refractivity contribution in [3.8, 4) is 20.9 Å². The second-order valence-electron chi connectivity index (χ2n) is 10.3. The van der Waals surface area contributed by atoms with Crippen LogP contribution in [0.2, 0.25) is 0 Å². The largest absolute Gasteiger partial charge is 0.333 e. The predicted molar refractivity (Wildman–Crippen MR) is 155 cm³/mol. The third kappa shape index (κ3) is 5.88. The maximum absolute atomic E-state index is 14.1. The summed E-state index contributed by atoms with van der Waals surface area (Å²) in [7, 11) is -4.29. The van der Waals surface area contributed by atoms with Crippen LogP contribution in [0.25, 0.3) is 20.9 Å². The van der Waals surface area contributed by atoms with Crippen molar-refractivity contribution in [1.29, 1.82) is 0 Å². The van der Waals surface area contributed by atoms with Crippen LogP contribution in [0.4, 0.5) is 14.5 Å². The van der Waals surface area contributed by atoms with Crippen LogP contribution in [0.5, 0.6) is 0 Å². The molecule has 2 aliphatic rings. The van der Waals surface area contributed by atoms with Crippen LogP contribution < -0.4 is 4.72 Å². The summed E-state index contributed by atoms with van der Waals surface area (Å²) in [6.07, 6.45) is 6.69. The summed E-state index contributed by atoms with van der Waals surface area (Å²) in [5, 5.41) is 0. The molecule has 1 amide bonds. The van der Waals surface area contributed by atoms with Gasteiger partial charge in [0, 0.05) is 52.8 Å². The van der Waals surface area contributed by atoms with Gasteiger partial charge in [0.1, 0.15) is 16.5 Å². The summed E-state index contributed by atoms with van der Waals surface area (Å²) in [4.78, 5) is 22.7. The van der Waals surface area contributed by atoms with Crippen molar-refractivity contribution in [3.63, 3.8) is 0 Å². The van der Waals surface area contributed by atoms with Gasteiger partial charge < -0.3 is 9.80 Å². The van der Waals surface area contributed by atoms with Gasteiger partial charge in [0.25, 0.3) is 15.9 Å². The van der Waals surface area contributed by atoms with Crippen molar-refractivity contribution in [3.05, 3.63) is 89.8 Å². The number of benzene rings is 2. The van der Waals surface area contributed by atoms with Gasteiger partial charge in [-0.15, -0.1) is 11.3 Å². The first-order valence-corrected chi connectivity index (χ1v) is 15.7. The van der Waals surface area contributed by atoms with E-state index in [1.54, 1.807) is 12.3 Å². The molecule has 0 atom stereocenters. The molecule has 11 heteroatoms. The summed E-state index contributed by atoms with van der Waals surface area (Å²) < 4.78 is 55.1. The van der Waals surface area contributed by atoms with Crippen molar-refractivity contribution in [2.45, 2.75) is 30.7 Å². The van der Waals surface area contributed by atoms with Crippen LogP contribution in [0, 0.1) is 11.6 Å². The number of carbonyl (C=O) groups is 1. The van der Waals surface area contributed by atoms with Gasteiger partial charge >= 0.3 is 0 Å². The Morgan fingerprint density at radius 3 is 2.44 bits per heavy atom. The van der Waals surface area contributed by atoms with E-state index in [0.29, 0.717) is 18.2 Å². The van der Waals surface area contributed by atoms with E-state index in [1.807, 2.05) is 29.2 Å². The number of rotatable bonds is 8. The lowest BCUT2D eigenvalue weighted by Crippen LogP contribution is -2.38. The average molecular weight is 595 g/mol. The van der Waals surface area contributed by atoms with Gasteiger partial charge in [0.2, 0.25) is 0 Å². The lowest BCUT2D eigenvalue weighted by atomic mass is 10.1. The normalized spacial score (nSPS) is 15.8. The topological polar surface area (TPSA) is 82.6 Å². The molecule has 4 aromatic rings. The number of nitrogens with one attached hydrogen (secondary N) is 1. The van der Waals surface area contributed by atoms with Crippen molar-refractivity contribution in [1.82, 2.24) is 14.8 Å². The molecule has 7 nitrogen and oxygen atoms in total. The highest BCUT2D eigenvalue weighted by Crippen LogP contribution is 2.37. The van der Waals surface area contributed by atoms with Crippen molar-refractivity contribution < 1.29 is 22.0 Å². The molecule has 0 aliphatic carbocycles. The second-order valence-corrected chi connectivity index (χ2v) is 13.0. The number of fused-ring (bicyclic) bond motifs is 1. The van der Waals surface area contributed by atoms with Gasteiger partial charge in [-0.25, -0.2) is 17.2 Å². The van der Waals surface area contributed by atoms with E-state index in [1.165, 1.54) is 36.8 Å². The molecule has 1 saturated heterocycles. The number of piperidine rings is 1. The van der Waals surface area contributed by atoms with E-state index in [0.717, 1.165) is 64.8 Å². The number of carbonyl (C=O) groups excluding carboxylic acids is 1. The first kappa shape index (κ1) is 27.5. The first-order chi connectivity index (χ1) is 19.8. The third-order valence-corrected chi connectivity index (χ3v) is 10.1. The van der Waals surface area contributed by atoms with E-state index >= 15 is 0 Å². The second kappa shape index (κ2) is 11.3. The fourth-order valence-corrected chi connectivity index (χ4v) is 7.42. The molecule has 1 fully saturated rings. The highest BCUT2D eigenvalue weighted by atomic mass is 32.2. The van der Waals surface area contributed by atoms with Gasteiger partial charge in [-0.3, -0.25) is 14.5 Å². The summed E-state index contributed by atoms with van der Waals surface area (Å²) in [5.74, 6) is -1.95. The van der Waals surface area contributed by atoms with E-state index in [9.17, 15) is 22.0 Å². The van der Waals surface area contributed by atoms with E-state index in [-0.39, 0.29) is 11.6 Å². The molecule has 2 aliphatic heterocycles. The molecular formula is C30H28F2N4O3S2. The number of halogens is 2. The lowest BCUT2D eigenvalue weighted by molar-refractivity contribution is 0.0752. The quantitative estimate of drug-likeness (QED) is 0.271. The standard InChI is InChI=1S/C30H28F2N4O3S2/c31-23-5-9-29(26(32)16-23)41(38,39)34-24-15-21(17-33-18-24)28-8-7-27(40-28)20-4-6-25-22(14-20)19-36(30(25)37)13-12-35-10-2-1-3-11-35/h4-9,14-18,34H,1-3,10-13,19H2. The molecule has 1 N–H and O–H groups in total. The fourth-order valence-electron chi connectivity index (χ4n) is 5.34. The Kier molecular flexibility index (Phi) is 7.58. The van der Waals surface area contributed by atoms with Crippen molar-refractivity contribution in [2.24, 2.45) is 0 Å². The number of hydrogen-bond acceptors (Lipinski definition) is 6. The molecule has 0 unspecified atom stereocenters. The maximum atomic E-state index is 14.1. The molecule has 41 heavy (non-hydrogen) atoms. The zero-order valence-electron chi connectivity index (χ0n) is 22.1. The smallest absolute Gasteiger partial charge is 0.264 e. The van der Waals surface area contributed by atoms with Gasteiger partial charge in [0.05, 0.1) is 11.9 Å². The number of nitrogens with zero attached hydrogens (tertiary/aromatic N) is 3. The molecule has 2 aromatic heterocycles. The Labute approximate surface area is 241 Å². The Morgan fingerprint density at radius 1 is 0.878 bits per heavy atom. The number of hydrogen-bond donors (Lipinski definition) is 1. The molecule has 0 bridgehead atoms. The fraction of sp³-hybridized carbons (Fsp3) is 0.267. The Hall–Kier alpha value is -3.67. The van der Waals surface area contributed by atoms with Crippen LogP contribution in [-0.4, -0.2) is 55.3 Å². The number of amides is 1. The summed E-state index contributed by atoms with van der Waals surface area (Å²) in [5.41, 5.74) is 3.61. The number of pyridine rings is 1. The number of anilines is 1. The molecule has 0 saturated carbocycles. The Bertz CT molecular complexity index is 1720. The minimum absolute atomic E-state index is 0.0845. The molecule has 4 heterocycles. The van der Waals surface area contributed by atoms with Gasteiger partial charge in [-0.2, -0.15) is 0 Å². The monoisotopic (exact) mass is 594 g/mol. The van der Waals surface area contributed by atoms with Crippen molar-refractivity contribution in [2.75, 3.05) is 30.9 Å². The predicted octanol–water partition coefficient (Wildman–Crippen LogP) is 6.00. The van der Waals surface area contributed by atoms with Crippen LogP contribution in [0.3, 0.4) is 0 Å². The SMILES string of the molecule is O=C1c2ccc(-c3ccc(-c4cncc(NS(=O)(=O)c5ccc(F)cc5F)c4)s3)cc2CN1CCN1CCCCC1. The first-order valence-electron chi connectivity index (χ1n) is 13.4. The molecular weight excluding hydrogens is 566 g/mol. The Balaban J connectivity index is 1.16. The number of thiophene rings is 1. The number of likely N-dealkylation sites (tertiary alicyclic amines) is 1. The number of sulfonamides is 1. The van der Waals surface area contributed by atoms with Crippen LogP contribution in [0.15, 0.2) is 71.9 Å². The van der Waals surface area contributed by atoms with Crippen LogP contribution in [-0.2, 0) is 16.6 Å². The third-order valence-electron chi connectivity index (χ3n) is 7.47. The molecule has 0 spiro atoms. The van der Waals surface area contributed by atoms with E-state index < -0.39 is 26.6 Å². The molecule has 212 valence electrons. The Morgan fingerprint density at radius 2 is 1.66 bits per heavy atom. The average Bonchev–Trinajstić information content (AvgIpc) is 3.57. The van der Waals surface area contributed by atoms with Crippen LogP contribution in [0.1, 0.15) is 35.2 Å². The lowest BCUT2D eigenvalue weighted by Gasteiger charge is -2.28. The zero-order chi connectivity index (χ0) is 28.6. The van der Waals surface area contributed by atoms with Crippen molar-refractivity contribution >= 4 is 33.0 Å². The highest BCUT2D eigenvalue weighted by Gasteiger charge is 2.28. The van der Waals surface area contributed by atoms with Gasteiger partial charge in [0.15, 0.2) is 0 Å². The molecule has 2 aromatic carbocycles. The molecule has 6 rings (SSSR count). The van der Waals surface area contributed by atoms with Crippen LogP contribution >= 0.6 is 11.3 Å². The van der Waals surface area contributed by atoms with Gasteiger partial charge in [-0.05, 0) is 79.5 Å². The molecule has 0 radical (unpaired) electrons. The van der Waals surface area contributed by atoms with E-state index in [2.05, 4.69) is 20.7 Å². The summed E-state index contributed by atoms with van der Waals surface area (Å²) in [6.45, 7) is 4.46. The minimum atomic E-state index is -4.29. The van der Waals surface area contributed by atoms with E-state index in [4.69, 9.17) is 0 Å². The summed E-state index contributed by atoms with van der Waals surface area (Å²) >= 11 is 1.52. The highest BCUT2D eigenvalue weighted by molar-refractivity contribution is 7.92.